The lowest BCUT2D eigenvalue weighted by Crippen LogP contribution is -2.51. The molecular weight excluding hydrogens is 348 g/mol. The summed E-state index contributed by atoms with van der Waals surface area (Å²) in [7, 11) is 0. The van der Waals surface area contributed by atoms with E-state index in [4.69, 9.17) is 9.84 Å². The van der Waals surface area contributed by atoms with Crippen LogP contribution in [-0.4, -0.2) is 22.5 Å². The van der Waals surface area contributed by atoms with Gasteiger partial charge in [-0.15, -0.1) is 0 Å². The van der Waals surface area contributed by atoms with Crippen molar-refractivity contribution in [3.8, 4) is 0 Å². The second-order valence-corrected chi connectivity index (χ2v) is 6.19. The summed E-state index contributed by atoms with van der Waals surface area (Å²) in [5.74, 6) is -3.03. The van der Waals surface area contributed by atoms with Crippen molar-refractivity contribution in [3.63, 3.8) is 0 Å². The Balaban J connectivity index is 2.31. The van der Waals surface area contributed by atoms with Gasteiger partial charge in [-0.05, 0) is 36.2 Å². The molecule has 2 N–H and O–H groups in total. The van der Waals surface area contributed by atoms with Gasteiger partial charge in [-0.1, -0.05) is 50.1 Å². The van der Waals surface area contributed by atoms with E-state index in [9.17, 15) is 14.9 Å². The highest BCUT2D eigenvalue weighted by Crippen LogP contribution is 2.26. The number of rotatable bonds is 11. The normalized spacial score (nSPS) is 13.1. The highest BCUT2D eigenvalue weighted by Gasteiger charge is 2.46. The maximum Gasteiger partial charge on any atom is 0.413 e. The fraction of sp³-hybridized carbons (Fsp3) is 0.350. The van der Waals surface area contributed by atoms with E-state index in [1.165, 1.54) is 24.3 Å². The summed E-state index contributed by atoms with van der Waals surface area (Å²) in [6, 6.07) is 14.7. The fourth-order valence-electron chi connectivity index (χ4n) is 2.69. The number of carboxylic acids is 1. The topological polar surface area (TPSA) is 102 Å². The number of carbonyl (C=O) groups is 1. The van der Waals surface area contributed by atoms with Gasteiger partial charge in [0.25, 0.3) is 0 Å². The number of nitro groups is 1. The number of nitrogens with zero attached hydrogens (tertiary/aromatic N) is 1. The average molecular weight is 372 g/mol. The van der Waals surface area contributed by atoms with Gasteiger partial charge in [0.15, 0.2) is 0 Å². The third kappa shape index (κ3) is 5.35. The van der Waals surface area contributed by atoms with Gasteiger partial charge in [-0.25, -0.2) is 10.1 Å². The molecule has 0 bridgehead atoms. The maximum absolute atomic E-state index is 12.0. The standard InChI is InChI=1S/C20H24N2O5/c1-2-3-7-14-21-20(22(25)26,27-15-16-8-5-4-6-9-16)18-12-10-17(11-13-18)19(23)24/h4-6,8-13,21H,2-3,7,14-15H2,1H3,(H,23,24). The Morgan fingerprint density at radius 3 is 2.37 bits per heavy atom. The molecule has 0 saturated carbocycles. The lowest BCUT2D eigenvalue weighted by Gasteiger charge is -2.26. The fourth-order valence-corrected chi connectivity index (χ4v) is 2.69. The molecule has 1 unspecified atom stereocenters. The van der Waals surface area contributed by atoms with Crippen LogP contribution in [0.2, 0.25) is 0 Å². The summed E-state index contributed by atoms with van der Waals surface area (Å²) in [6.07, 6.45) is 2.71. The predicted octanol–water partition coefficient (Wildman–Crippen LogP) is 3.77. The van der Waals surface area contributed by atoms with E-state index in [1.54, 1.807) is 0 Å². The summed E-state index contributed by atoms with van der Waals surface area (Å²) in [5, 5.41) is 24.0. The molecule has 0 heterocycles. The van der Waals surface area contributed by atoms with E-state index in [-0.39, 0.29) is 17.7 Å². The second kappa shape index (κ2) is 9.80. The Kier molecular flexibility index (Phi) is 7.45. The van der Waals surface area contributed by atoms with Gasteiger partial charge in [0, 0.05) is 6.54 Å². The Labute approximate surface area is 158 Å². The first-order valence-electron chi connectivity index (χ1n) is 8.91. The molecule has 0 aromatic heterocycles. The van der Waals surface area contributed by atoms with Gasteiger partial charge in [-0.3, -0.25) is 14.9 Å². The van der Waals surface area contributed by atoms with Gasteiger partial charge in [0.2, 0.25) is 0 Å². The molecule has 7 nitrogen and oxygen atoms in total. The number of benzene rings is 2. The second-order valence-electron chi connectivity index (χ2n) is 6.19. The van der Waals surface area contributed by atoms with Crippen LogP contribution in [0.5, 0.6) is 0 Å². The Bertz CT molecular complexity index is 749. The van der Waals surface area contributed by atoms with Crippen LogP contribution in [0.25, 0.3) is 0 Å². The summed E-state index contributed by atoms with van der Waals surface area (Å²) in [6.45, 7) is 2.50. The molecule has 2 aromatic carbocycles. The zero-order valence-corrected chi connectivity index (χ0v) is 15.3. The van der Waals surface area contributed by atoms with Crippen molar-refractivity contribution in [1.29, 1.82) is 0 Å². The molecule has 27 heavy (non-hydrogen) atoms. The quantitative estimate of drug-likeness (QED) is 0.269. The molecular formula is C20H24N2O5. The third-order valence-electron chi connectivity index (χ3n) is 4.22. The van der Waals surface area contributed by atoms with Gasteiger partial charge in [0.1, 0.15) is 0 Å². The van der Waals surface area contributed by atoms with Crippen molar-refractivity contribution in [1.82, 2.24) is 5.32 Å². The number of unbranched alkanes of at least 4 members (excludes halogenated alkanes) is 2. The SMILES string of the molecule is CCCCCNC(OCc1ccccc1)(c1ccc(C(=O)O)cc1)[N+](=O)[O-]. The zero-order chi connectivity index (χ0) is 19.7. The molecule has 0 aliphatic carbocycles. The minimum absolute atomic E-state index is 0.0449. The van der Waals surface area contributed by atoms with Crippen molar-refractivity contribution in [2.24, 2.45) is 0 Å². The van der Waals surface area contributed by atoms with E-state index in [0.29, 0.717) is 6.54 Å². The third-order valence-corrected chi connectivity index (χ3v) is 4.22. The van der Waals surface area contributed by atoms with Gasteiger partial charge in [-0.2, -0.15) is 0 Å². The first kappa shape index (κ1) is 20.5. The monoisotopic (exact) mass is 372 g/mol. The molecule has 0 amide bonds. The summed E-state index contributed by atoms with van der Waals surface area (Å²) in [5.41, 5.74) is 1.12. The molecule has 0 saturated heterocycles. The molecule has 2 rings (SSSR count). The summed E-state index contributed by atoms with van der Waals surface area (Å²) < 4.78 is 5.79. The smallest absolute Gasteiger partial charge is 0.413 e. The van der Waals surface area contributed by atoms with Gasteiger partial charge < -0.3 is 5.11 Å². The number of ether oxygens (including phenoxy) is 1. The number of nitrogens with one attached hydrogen (secondary N) is 1. The Morgan fingerprint density at radius 1 is 1.15 bits per heavy atom. The van der Waals surface area contributed by atoms with Gasteiger partial charge in [0.05, 0.1) is 22.7 Å². The van der Waals surface area contributed by atoms with Crippen LogP contribution in [0.3, 0.4) is 0 Å². The van der Waals surface area contributed by atoms with Crippen LogP contribution in [-0.2, 0) is 17.2 Å². The first-order chi connectivity index (χ1) is 13.0. The first-order valence-corrected chi connectivity index (χ1v) is 8.91. The minimum atomic E-state index is -1.94. The van der Waals surface area contributed by atoms with Crippen molar-refractivity contribution in [2.45, 2.75) is 38.6 Å². The summed E-state index contributed by atoms with van der Waals surface area (Å²) >= 11 is 0. The Hall–Kier alpha value is -2.77. The number of aromatic carboxylic acids is 1. The zero-order valence-electron chi connectivity index (χ0n) is 15.3. The van der Waals surface area contributed by atoms with Crippen molar-refractivity contribution in [3.05, 3.63) is 81.4 Å². The van der Waals surface area contributed by atoms with E-state index in [2.05, 4.69) is 12.2 Å². The van der Waals surface area contributed by atoms with Crippen molar-refractivity contribution >= 4 is 5.97 Å². The molecule has 0 spiro atoms. The molecule has 0 aliphatic heterocycles. The molecule has 0 radical (unpaired) electrons. The van der Waals surface area contributed by atoms with Crippen molar-refractivity contribution < 1.29 is 19.6 Å². The van der Waals surface area contributed by atoms with Crippen LogP contribution in [0.1, 0.15) is 47.7 Å². The van der Waals surface area contributed by atoms with Crippen LogP contribution in [0.15, 0.2) is 54.6 Å². The highest BCUT2D eigenvalue weighted by molar-refractivity contribution is 5.87. The van der Waals surface area contributed by atoms with E-state index in [0.717, 1.165) is 24.8 Å². The lowest BCUT2D eigenvalue weighted by molar-refractivity contribution is -0.653. The predicted molar refractivity (Wildman–Crippen MR) is 101 cm³/mol. The van der Waals surface area contributed by atoms with Crippen LogP contribution in [0.4, 0.5) is 0 Å². The maximum atomic E-state index is 12.0. The number of hydrogen-bond acceptors (Lipinski definition) is 5. The molecule has 144 valence electrons. The number of hydrogen-bond donors (Lipinski definition) is 2. The number of carboxylic acid groups (broad SMARTS) is 1. The molecule has 0 fully saturated rings. The Morgan fingerprint density at radius 2 is 1.81 bits per heavy atom. The molecule has 2 aromatic rings. The summed E-state index contributed by atoms with van der Waals surface area (Å²) in [4.78, 5) is 22.6. The highest BCUT2D eigenvalue weighted by atomic mass is 16.7. The molecule has 7 heteroatoms. The van der Waals surface area contributed by atoms with E-state index >= 15 is 0 Å². The van der Waals surface area contributed by atoms with Crippen LogP contribution < -0.4 is 5.32 Å². The minimum Gasteiger partial charge on any atom is -0.478 e. The average Bonchev–Trinajstić information content (AvgIpc) is 2.68. The van der Waals surface area contributed by atoms with Crippen molar-refractivity contribution in [2.75, 3.05) is 6.54 Å². The lowest BCUT2D eigenvalue weighted by atomic mass is 10.1. The molecule has 1 atom stereocenters. The molecule has 0 aliphatic rings. The largest absolute Gasteiger partial charge is 0.478 e. The van der Waals surface area contributed by atoms with Crippen LogP contribution in [0, 0.1) is 10.1 Å². The van der Waals surface area contributed by atoms with Gasteiger partial charge >= 0.3 is 11.8 Å². The van der Waals surface area contributed by atoms with E-state index < -0.39 is 16.7 Å². The van der Waals surface area contributed by atoms with Crippen LogP contribution >= 0.6 is 0 Å². The van der Waals surface area contributed by atoms with E-state index in [1.807, 2.05) is 30.3 Å².